The summed E-state index contributed by atoms with van der Waals surface area (Å²) in [4.78, 5) is 23.8. The van der Waals surface area contributed by atoms with Crippen LogP contribution in [0.1, 0.15) is 6.42 Å². The number of aliphatic carboxylic acids is 1. The number of hydrogen-bond acceptors (Lipinski definition) is 4. The van der Waals surface area contributed by atoms with E-state index in [1.807, 2.05) is 0 Å². The number of rotatable bonds is 4. The van der Waals surface area contributed by atoms with Gasteiger partial charge in [-0.25, -0.2) is 8.42 Å². The van der Waals surface area contributed by atoms with Crippen molar-refractivity contribution in [3.8, 4) is 0 Å². The van der Waals surface area contributed by atoms with Gasteiger partial charge in [0.25, 0.3) is 0 Å². The molecule has 1 N–H and O–H groups in total. The quantitative estimate of drug-likeness (QED) is 0.689. The Labute approximate surface area is 100 Å². The molecule has 98 valence electrons. The van der Waals surface area contributed by atoms with Crippen molar-refractivity contribution in [1.29, 1.82) is 0 Å². The van der Waals surface area contributed by atoms with Gasteiger partial charge in [-0.05, 0) is 6.42 Å². The number of carbonyl (C=O) groups excluding carboxylic acids is 1. The lowest BCUT2D eigenvalue weighted by molar-refractivity contribution is -0.141. The van der Waals surface area contributed by atoms with Crippen LogP contribution in [0.25, 0.3) is 0 Å². The minimum atomic E-state index is -3.39. The number of sulfonamides is 1. The number of carboxylic acid groups (broad SMARTS) is 1. The summed E-state index contributed by atoms with van der Waals surface area (Å²) in [5.74, 6) is -1.82. The van der Waals surface area contributed by atoms with Gasteiger partial charge in [0.1, 0.15) is 0 Å². The minimum Gasteiger partial charge on any atom is -0.481 e. The zero-order valence-electron chi connectivity index (χ0n) is 9.79. The molecule has 0 aromatic rings. The van der Waals surface area contributed by atoms with Gasteiger partial charge >= 0.3 is 5.97 Å². The van der Waals surface area contributed by atoms with Gasteiger partial charge in [0, 0.05) is 20.1 Å². The lowest BCUT2D eigenvalue weighted by atomic mass is 10.1. The molecule has 1 amide bonds. The lowest BCUT2D eigenvalue weighted by Gasteiger charge is -2.19. The third-order valence-corrected chi connectivity index (χ3v) is 4.08. The van der Waals surface area contributed by atoms with E-state index in [-0.39, 0.29) is 19.0 Å². The normalized spacial score (nSPS) is 20.9. The third kappa shape index (κ3) is 3.67. The molecule has 1 fully saturated rings. The van der Waals surface area contributed by atoms with Crippen LogP contribution >= 0.6 is 0 Å². The second-order valence-corrected chi connectivity index (χ2v) is 6.27. The fraction of sp³-hybridized carbons (Fsp3) is 0.778. The molecule has 0 spiro atoms. The monoisotopic (exact) mass is 264 g/mol. The van der Waals surface area contributed by atoms with Crippen molar-refractivity contribution in [2.24, 2.45) is 5.92 Å². The number of amides is 1. The van der Waals surface area contributed by atoms with Crippen molar-refractivity contribution in [2.75, 3.05) is 32.9 Å². The highest BCUT2D eigenvalue weighted by Crippen LogP contribution is 2.16. The summed E-state index contributed by atoms with van der Waals surface area (Å²) in [6, 6.07) is 0. The maximum atomic E-state index is 11.7. The van der Waals surface area contributed by atoms with Crippen molar-refractivity contribution in [1.82, 2.24) is 9.21 Å². The molecule has 0 bridgehead atoms. The molecule has 7 nitrogen and oxygen atoms in total. The summed E-state index contributed by atoms with van der Waals surface area (Å²) in [5.41, 5.74) is 0. The van der Waals surface area contributed by atoms with Gasteiger partial charge in [-0.1, -0.05) is 0 Å². The molecule has 1 rings (SSSR count). The van der Waals surface area contributed by atoms with Crippen LogP contribution in [0.4, 0.5) is 0 Å². The van der Waals surface area contributed by atoms with Gasteiger partial charge in [-0.2, -0.15) is 4.31 Å². The zero-order chi connectivity index (χ0) is 13.2. The molecule has 0 radical (unpaired) electrons. The third-order valence-electron chi connectivity index (χ3n) is 2.81. The number of likely N-dealkylation sites (N-methyl/N-ethyl adjacent to an activating group) is 1. The molecular formula is C9H16N2O5S. The molecule has 1 aliphatic rings. The molecule has 1 heterocycles. The summed E-state index contributed by atoms with van der Waals surface area (Å²) in [5, 5.41) is 8.78. The summed E-state index contributed by atoms with van der Waals surface area (Å²) < 4.78 is 23.2. The minimum absolute atomic E-state index is 0.159. The van der Waals surface area contributed by atoms with Crippen LogP contribution in [0.5, 0.6) is 0 Å². The van der Waals surface area contributed by atoms with E-state index in [4.69, 9.17) is 5.11 Å². The fourth-order valence-corrected chi connectivity index (χ4v) is 1.94. The van der Waals surface area contributed by atoms with Crippen molar-refractivity contribution < 1.29 is 23.1 Å². The Hall–Kier alpha value is -1.15. The van der Waals surface area contributed by atoms with E-state index in [2.05, 4.69) is 0 Å². The first-order chi connectivity index (χ1) is 7.71. The van der Waals surface area contributed by atoms with E-state index in [0.717, 1.165) is 10.6 Å². The topological polar surface area (TPSA) is 95.0 Å². The van der Waals surface area contributed by atoms with Crippen molar-refractivity contribution in [3.63, 3.8) is 0 Å². The van der Waals surface area contributed by atoms with Crippen molar-refractivity contribution >= 4 is 21.9 Å². The first-order valence-corrected chi connectivity index (χ1v) is 6.98. The Morgan fingerprint density at radius 3 is 2.47 bits per heavy atom. The summed E-state index contributed by atoms with van der Waals surface area (Å²) in [6.07, 6.45) is 1.44. The lowest BCUT2D eigenvalue weighted by Crippen LogP contribution is -2.40. The van der Waals surface area contributed by atoms with Crippen molar-refractivity contribution in [3.05, 3.63) is 0 Å². The summed E-state index contributed by atoms with van der Waals surface area (Å²) in [7, 11) is -2.07. The fourth-order valence-electron chi connectivity index (χ4n) is 1.60. The van der Waals surface area contributed by atoms with Crippen LogP contribution in [0.2, 0.25) is 0 Å². The molecule has 8 heteroatoms. The van der Waals surface area contributed by atoms with Gasteiger partial charge in [-0.3, -0.25) is 9.59 Å². The standard InChI is InChI=1S/C9H16N2O5S/c1-10(17(2,15)16)6-8(12)11-4-3-7(5-11)9(13)14/h7H,3-6H2,1-2H3,(H,13,14). The maximum Gasteiger partial charge on any atom is 0.308 e. The van der Waals surface area contributed by atoms with Crippen LogP contribution in [0.15, 0.2) is 0 Å². The van der Waals surface area contributed by atoms with E-state index in [9.17, 15) is 18.0 Å². The van der Waals surface area contributed by atoms with Crippen LogP contribution in [0.3, 0.4) is 0 Å². The Balaban J connectivity index is 2.54. The summed E-state index contributed by atoms with van der Waals surface area (Å²) >= 11 is 0. The van der Waals surface area contributed by atoms with Gasteiger partial charge in [0.2, 0.25) is 15.9 Å². The number of nitrogens with zero attached hydrogens (tertiary/aromatic N) is 2. The molecule has 0 aromatic heterocycles. The summed E-state index contributed by atoms with van der Waals surface area (Å²) in [6.45, 7) is 0.282. The SMILES string of the molecule is CN(CC(=O)N1CCC(C(=O)O)C1)S(C)(=O)=O. The molecular weight excluding hydrogens is 248 g/mol. The predicted molar refractivity (Wildman–Crippen MR) is 59.8 cm³/mol. The second-order valence-electron chi connectivity index (χ2n) is 4.18. The van der Waals surface area contributed by atoms with E-state index in [1.54, 1.807) is 0 Å². The van der Waals surface area contributed by atoms with Crippen LogP contribution in [0, 0.1) is 5.92 Å². The maximum absolute atomic E-state index is 11.7. The number of carboxylic acids is 1. The highest BCUT2D eigenvalue weighted by molar-refractivity contribution is 7.88. The molecule has 1 aliphatic heterocycles. The van der Waals surface area contributed by atoms with Crippen molar-refractivity contribution in [2.45, 2.75) is 6.42 Å². The number of carbonyl (C=O) groups is 2. The van der Waals surface area contributed by atoms with Gasteiger partial charge in [-0.15, -0.1) is 0 Å². The Kier molecular flexibility index (Phi) is 4.10. The van der Waals surface area contributed by atoms with E-state index in [1.165, 1.54) is 11.9 Å². The molecule has 0 aromatic carbocycles. The first kappa shape index (κ1) is 13.9. The highest BCUT2D eigenvalue weighted by Gasteiger charge is 2.31. The molecule has 0 aliphatic carbocycles. The molecule has 1 saturated heterocycles. The number of hydrogen-bond donors (Lipinski definition) is 1. The van der Waals surface area contributed by atoms with Gasteiger partial charge in [0.15, 0.2) is 0 Å². The Morgan fingerprint density at radius 1 is 1.47 bits per heavy atom. The van der Waals surface area contributed by atoms with E-state index >= 15 is 0 Å². The second kappa shape index (κ2) is 5.01. The Morgan fingerprint density at radius 2 is 2.06 bits per heavy atom. The molecule has 1 atom stereocenters. The van der Waals surface area contributed by atoms with Gasteiger partial charge in [0.05, 0.1) is 18.7 Å². The molecule has 1 unspecified atom stereocenters. The van der Waals surface area contributed by atoms with E-state index in [0.29, 0.717) is 13.0 Å². The molecule has 0 saturated carbocycles. The first-order valence-electron chi connectivity index (χ1n) is 5.13. The van der Waals surface area contributed by atoms with E-state index < -0.39 is 21.9 Å². The highest BCUT2D eigenvalue weighted by atomic mass is 32.2. The van der Waals surface area contributed by atoms with Gasteiger partial charge < -0.3 is 10.0 Å². The average Bonchev–Trinajstić information content (AvgIpc) is 2.64. The average molecular weight is 264 g/mol. The Bertz CT molecular complexity index is 419. The molecule has 17 heavy (non-hydrogen) atoms. The number of likely N-dealkylation sites (tertiary alicyclic amines) is 1. The largest absolute Gasteiger partial charge is 0.481 e. The van der Waals surface area contributed by atoms with Crippen LogP contribution in [-0.2, 0) is 19.6 Å². The smallest absolute Gasteiger partial charge is 0.308 e. The zero-order valence-corrected chi connectivity index (χ0v) is 10.6. The predicted octanol–water partition coefficient (Wildman–Crippen LogP) is -1.19. The van der Waals surface area contributed by atoms with Crippen LogP contribution < -0.4 is 0 Å². The van der Waals surface area contributed by atoms with Crippen LogP contribution in [-0.4, -0.2) is 67.5 Å².